The second-order valence-electron chi connectivity index (χ2n) is 4.96. The van der Waals surface area contributed by atoms with E-state index in [9.17, 15) is 10.1 Å². The lowest BCUT2D eigenvalue weighted by Gasteiger charge is -2.09. The average Bonchev–Trinajstić information content (AvgIpc) is 2.94. The molecule has 1 heterocycles. The molecular weight excluding hydrogens is 254 g/mol. The number of rotatable bonds is 4. The summed E-state index contributed by atoms with van der Waals surface area (Å²) in [5.41, 5.74) is 0.603. The normalized spacial score (nSPS) is 18.2. The van der Waals surface area contributed by atoms with Gasteiger partial charge in [0.15, 0.2) is 0 Å². The van der Waals surface area contributed by atoms with E-state index in [0.29, 0.717) is 5.69 Å². The highest BCUT2D eigenvalue weighted by atomic mass is 35.5. The van der Waals surface area contributed by atoms with Crippen LogP contribution in [0.2, 0.25) is 5.15 Å². The van der Waals surface area contributed by atoms with Crippen LogP contribution in [0.1, 0.15) is 63.6 Å². The number of halogens is 1. The van der Waals surface area contributed by atoms with E-state index >= 15 is 0 Å². The molecule has 0 bridgehead atoms. The van der Waals surface area contributed by atoms with Crippen LogP contribution in [0.5, 0.6) is 0 Å². The Morgan fingerprint density at radius 2 is 2.17 bits per heavy atom. The van der Waals surface area contributed by atoms with E-state index in [1.54, 1.807) is 4.68 Å². The fourth-order valence-electron chi connectivity index (χ4n) is 2.53. The third kappa shape index (κ3) is 2.23. The van der Waals surface area contributed by atoms with Crippen LogP contribution in [0.15, 0.2) is 0 Å². The van der Waals surface area contributed by atoms with Gasteiger partial charge in [-0.25, -0.2) is 4.68 Å². The van der Waals surface area contributed by atoms with Gasteiger partial charge in [0.2, 0.25) is 5.15 Å². The largest absolute Gasteiger partial charge is 0.329 e. The van der Waals surface area contributed by atoms with Gasteiger partial charge >= 0.3 is 5.69 Å². The van der Waals surface area contributed by atoms with Crippen LogP contribution in [0.25, 0.3) is 0 Å². The zero-order valence-corrected chi connectivity index (χ0v) is 11.5. The first-order valence-electron chi connectivity index (χ1n) is 6.48. The molecule has 1 saturated carbocycles. The second-order valence-corrected chi connectivity index (χ2v) is 5.32. The minimum absolute atomic E-state index is 0.0175. The maximum Gasteiger partial charge on any atom is 0.329 e. The van der Waals surface area contributed by atoms with Crippen molar-refractivity contribution in [1.82, 2.24) is 9.78 Å². The molecule has 1 aromatic rings. The minimum atomic E-state index is -0.387. The Morgan fingerprint density at radius 3 is 2.67 bits per heavy atom. The molecule has 0 aromatic carbocycles. The Bertz CT molecular complexity index is 452. The van der Waals surface area contributed by atoms with Crippen molar-refractivity contribution in [1.29, 1.82) is 0 Å². The molecule has 18 heavy (non-hydrogen) atoms. The Labute approximate surface area is 111 Å². The van der Waals surface area contributed by atoms with Crippen LogP contribution >= 0.6 is 11.6 Å². The molecule has 1 aliphatic rings. The van der Waals surface area contributed by atoms with Gasteiger partial charge in [0, 0.05) is 5.92 Å². The molecule has 0 N–H and O–H groups in total. The third-order valence-electron chi connectivity index (χ3n) is 3.79. The maximum atomic E-state index is 11.2. The zero-order chi connectivity index (χ0) is 13.3. The molecule has 0 saturated heterocycles. The van der Waals surface area contributed by atoms with Crippen molar-refractivity contribution in [2.75, 3.05) is 0 Å². The van der Waals surface area contributed by atoms with Crippen molar-refractivity contribution in [3.05, 3.63) is 21.0 Å². The van der Waals surface area contributed by atoms with Crippen molar-refractivity contribution in [2.45, 2.75) is 57.9 Å². The molecule has 0 radical (unpaired) electrons. The Kier molecular flexibility index (Phi) is 3.90. The standard InChI is InChI=1S/C12H18ClN3O2/c1-3-8(2)15-12(13)11(16(17)18)10(14-15)9-6-4-5-7-9/h8-9H,3-7H2,1-2H3. The monoisotopic (exact) mass is 271 g/mol. The maximum absolute atomic E-state index is 11.2. The fraction of sp³-hybridized carbons (Fsp3) is 0.750. The molecule has 1 atom stereocenters. The van der Waals surface area contributed by atoms with Crippen molar-refractivity contribution in [2.24, 2.45) is 0 Å². The van der Waals surface area contributed by atoms with Gasteiger partial charge in [-0.05, 0) is 26.2 Å². The highest BCUT2D eigenvalue weighted by Crippen LogP contribution is 2.41. The smallest absolute Gasteiger partial charge is 0.258 e. The highest BCUT2D eigenvalue weighted by molar-refractivity contribution is 6.31. The Morgan fingerprint density at radius 1 is 1.56 bits per heavy atom. The molecule has 1 aromatic heterocycles. The number of hydrogen-bond acceptors (Lipinski definition) is 3. The molecule has 0 amide bonds. The predicted octanol–water partition coefficient (Wildman–Crippen LogP) is 4.07. The van der Waals surface area contributed by atoms with Crippen LogP contribution in [0.4, 0.5) is 5.69 Å². The summed E-state index contributed by atoms with van der Waals surface area (Å²) in [6.07, 6.45) is 5.05. The summed E-state index contributed by atoms with van der Waals surface area (Å²) < 4.78 is 1.60. The fourth-order valence-corrected chi connectivity index (χ4v) is 2.90. The first kappa shape index (κ1) is 13.3. The molecular formula is C12H18ClN3O2. The zero-order valence-electron chi connectivity index (χ0n) is 10.7. The molecule has 100 valence electrons. The van der Waals surface area contributed by atoms with Crippen LogP contribution in [0, 0.1) is 10.1 Å². The average molecular weight is 272 g/mol. The van der Waals surface area contributed by atoms with Crippen LogP contribution < -0.4 is 0 Å². The van der Waals surface area contributed by atoms with Gasteiger partial charge in [0.1, 0.15) is 5.69 Å². The molecule has 1 aliphatic carbocycles. The molecule has 5 nitrogen and oxygen atoms in total. The van der Waals surface area contributed by atoms with E-state index in [-0.39, 0.29) is 27.7 Å². The van der Waals surface area contributed by atoms with Gasteiger partial charge < -0.3 is 0 Å². The van der Waals surface area contributed by atoms with Crippen molar-refractivity contribution >= 4 is 17.3 Å². The molecule has 1 unspecified atom stereocenters. The molecule has 1 fully saturated rings. The van der Waals surface area contributed by atoms with Gasteiger partial charge in [-0.15, -0.1) is 0 Å². The number of nitro groups is 1. The van der Waals surface area contributed by atoms with E-state index in [2.05, 4.69) is 5.10 Å². The van der Waals surface area contributed by atoms with Crippen molar-refractivity contribution in [3.63, 3.8) is 0 Å². The lowest BCUT2D eigenvalue weighted by atomic mass is 10.0. The van der Waals surface area contributed by atoms with Gasteiger partial charge in [-0.3, -0.25) is 10.1 Å². The highest BCUT2D eigenvalue weighted by Gasteiger charge is 2.34. The van der Waals surface area contributed by atoms with Gasteiger partial charge in [0.05, 0.1) is 11.0 Å². The number of nitrogens with zero attached hydrogens (tertiary/aromatic N) is 3. The van der Waals surface area contributed by atoms with E-state index in [0.717, 1.165) is 32.1 Å². The predicted molar refractivity (Wildman–Crippen MR) is 70.1 cm³/mol. The summed E-state index contributed by atoms with van der Waals surface area (Å²) in [5.74, 6) is 0.202. The molecule has 2 rings (SSSR count). The van der Waals surface area contributed by atoms with Gasteiger partial charge in [-0.1, -0.05) is 31.4 Å². The summed E-state index contributed by atoms with van der Waals surface area (Å²) in [6.45, 7) is 3.99. The van der Waals surface area contributed by atoms with Crippen molar-refractivity contribution in [3.8, 4) is 0 Å². The lowest BCUT2D eigenvalue weighted by Crippen LogP contribution is -2.06. The molecule has 0 aliphatic heterocycles. The van der Waals surface area contributed by atoms with Crippen molar-refractivity contribution < 1.29 is 4.92 Å². The summed E-state index contributed by atoms with van der Waals surface area (Å²) in [5, 5.41) is 15.8. The summed E-state index contributed by atoms with van der Waals surface area (Å²) >= 11 is 6.14. The van der Waals surface area contributed by atoms with E-state index in [1.165, 1.54) is 0 Å². The van der Waals surface area contributed by atoms with E-state index in [4.69, 9.17) is 11.6 Å². The summed E-state index contributed by atoms with van der Waals surface area (Å²) in [4.78, 5) is 10.8. The van der Waals surface area contributed by atoms with Crippen LogP contribution in [-0.2, 0) is 0 Å². The Balaban J connectivity index is 2.46. The second kappa shape index (κ2) is 5.26. The first-order valence-corrected chi connectivity index (χ1v) is 6.86. The topological polar surface area (TPSA) is 61.0 Å². The summed E-state index contributed by atoms with van der Waals surface area (Å²) in [7, 11) is 0. The third-order valence-corrected chi connectivity index (χ3v) is 4.14. The van der Waals surface area contributed by atoms with Gasteiger partial charge in [0.25, 0.3) is 0 Å². The minimum Gasteiger partial charge on any atom is -0.258 e. The van der Waals surface area contributed by atoms with E-state index in [1.807, 2.05) is 13.8 Å². The number of aromatic nitrogens is 2. The van der Waals surface area contributed by atoms with Crippen LogP contribution in [-0.4, -0.2) is 14.7 Å². The number of hydrogen-bond donors (Lipinski definition) is 0. The lowest BCUT2D eigenvalue weighted by molar-refractivity contribution is -0.385. The SMILES string of the molecule is CCC(C)n1nc(C2CCCC2)c([N+](=O)[O-])c1Cl. The first-order chi connectivity index (χ1) is 8.56. The quantitative estimate of drug-likeness (QED) is 0.612. The van der Waals surface area contributed by atoms with Crippen LogP contribution in [0.3, 0.4) is 0 Å². The summed E-state index contributed by atoms with van der Waals surface area (Å²) in [6, 6.07) is 0.0892. The van der Waals surface area contributed by atoms with Gasteiger partial charge in [-0.2, -0.15) is 5.10 Å². The van der Waals surface area contributed by atoms with E-state index < -0.39 is 0 Å². The molecule has 6 heteroatoms. The Hall–Kier alpha value is -1.10. The molecule has 0 spiro atoms.